The van der Waals surface area contributed by atoms with Crippen molar-refractivity contribution in [2.45, 2.75) is 13.8 Å². The van der Waals surface area contributed by atoms with Crippen molar-refractivity contribution >= 4 is 22.4 Å². The summed E-state index contributed by atoms with van der Waals surface area (Å²) in [6.07, 6.45) is 0. The topological polar surface area (TPSA) is 42.0 Å². The van der Waals surface area contributed by atoms with Gasteiger partial charge in [0.2, 0.25) is 0 Å². The van der Waals surface area contributed by atoms with Gasteiger partial charge in [-0.3, -0.25) is 10.1 Å². The highest BCUT2D eigenvalue weighted by atomic mass is 32.1. The third-order valence-corrected chi connectivity index (χ3v) is 3.34. The zero-order chi connectivity index (χ0) is 12.4. The number of halogens is 1. The summed E-state index contributed by atoms with van der Waals surface area (Å²) in [7, 11) is 0. The van der Waals surface area contributed by atoms with Crippen LogP contribution in [0.15, 0.2) is 24.3 Å². The minimum Gasteiger partial charge on any atom is -0.298 e. The van der Waals surface area contributed by atoms with Crippen molar-refractivity contribution in [3.8, 4) is 0 Å². The largest absolute Gasteiger partial charge is 0.298 e. The number of thiazole rings is 1. The lowest BCUT2D eigenvalue weighted by molar-refractivity contribution is 0.102. The highest BCUT2D eigenvalue weighted by Crippen LogP contribution is 2.21. The van der Waals surface area contributed by atoms with Crippen molar-refractivity contribution in [3.05, 3.63) is 46.2 Å². The third kappa shape index (κ3) is 2.68. The van der Waals surface area contributed by atoms with Gasteiger partial charge in [-0.05, 0) is 38.1 Å². The molecule has 2 aromatic rings. The molecule has 1 amide bonds. The zero-order valence-electron chi connectivity index (χ0n) is 9.45. The minimum atomic E-state index is -0.359. The van der Waals surface area contributed by atoms with Crippen molar-refractivity contribution in [1.82, 2.24) is 4.98 Å². The standard InChI is InChI=1S/C12H11FN2OS/c1-7-8(2)17-12(14-7)15-11(16)9-3-5-10(13)6-4-9/h3-6H,1-2H3,(H,14,15,16). The molecule has 0 unspecified atom stereocenters. The summed E-state index contributed by atoms with van der Waals surface area (Å²) in [6, 6.07) is 5.40. The third-order valence-electron chi connectivity index (χ3n) is 2.36. The summed E-state index contributed by atoms with van der Waals surface area (Å²) in [5.74, 6) is -0.638. The Labute approximate surface area is 102 Å². The van der Waals surface area contributed by atoms with E-state index in [-0.39, 0.29) is 11.7 Å². The summed E-state index contributed by atoms with van der Waals surface area (Å²) < 4.78 is 12.7. The molecule has 1 heterocycles. The quantitative estimate of drug-likeness (QED) is 0.889. The number of benzene rings is 1. The van der Waals surface area contributed by atoms with E-state index in [0.717, 1.165) is 10.6 Å². The summed E-state index contributed by atoms with van der Waals surface area (Å²) in [6.45, 7) is 3.83. The molecule has 3 nitrogen and oxygen atoms in total. The predicted octanol–water partition coefficient (Wildman–Crippen LogP) is 3.15. The van der Waals surface area contributed by atoms with Gasteiger partial charge in [0.1, 0.15) is 5.82 Å². The Morgan fingerprint density at radius 3 is 2.47 bits per heavy atom. The van der Waals surface area contributed by atoms with E-state index in [1.807, 2.05) is 13.8 Å². The molecule has 0 fully saturated rings. The van der Waals surface area contributed by atoms with E-state index in [2.05, 4.69) is 10.3 Å². The second-order valence-electron chi connectivity index (χ2n) is 3.62. The molecule has 0 radical (unpaired) electrons. The van der Waals surface area contributed by atoms with Gasteiger partial charge >= 0.3 is 0 Å². The van der Waals surface area contributed by atoms with Gasteiger partial charge in [-0.25, -0.2) is 9.37 Å². The lowest BCUT2D eigenvalue weighted by Gasteiger charge is -2.00. The van der Waals surface area contributed by atoms with Crippen molar-refractivity contribution in [2.75, 3.05) is 5.32 Å². The molecule has 2 rings (SSSR count). The molecule has 0 saturated carbocycles. The van der Waals surface area contributed by atoms with Crippen LogP contribution in [0.5, 0.6) is 0 Å². The van der Waals surface area contributed by atoms with E-state index >= 15 is 0 Å². The lowest BCUT2D eigenvalue weighted by atomic mass is 10.2. The molecular formula is C12H11FN2OS. The number of aromatic nitrogens is 1. The number of carbonyl (C=O) groups is 1. The molecule has 0 aliphatic rings. The molecular weight excluding hydrogens is 239 g/mol. The summed E-state index contributed by atoms with van der Waals surface area (Å²) in [5.41, 5.74) is 1.32. The first-order valence-corrected chi connectivity index (χ1v) is 5.89. The Morgan fingerprint density at radius 1 is 1.29 bits per heavy atom. The summed E-state index contributed by atoms with van der Waals surface area (Å²) >= 11 is 1.42. The van der Waals surface area contributed by atoms with Crippen LogP contribution in [0.4, 0.5) is 9.52 Å². The fraction of sp³-hybridized carbons (Fsp3) is 0.167. The number of anilines is 1. The molecule has 1 aromatic heterocycles. The first-order valence-electron chi connectivity index (χ1n) is 5.07. The number of hydrogen-bond acceptors (Lipinski definition) is 3. The monoisotopic (exact) mass is 250 g/mol. The molecule has 1 N–H and O–H groups in total. The normalized spacial score (nSPS) is 10.3. The van der Waals surface area contributed by atoms with E-state index in [1.165, 1.54) is 35.6 Å². The average molecular weight is 250 g/mol. The highest BCUT2D eigenvalue weighted by molar-refractivity contribution is 7.15. The first-order chi connectivity index (χ1) is 8.06. The smallest absolute Gasteiger partial charge is 0.257 e. The van der Waals surface area contributed by atoms with Gasteiger partial charge in [0.05, 0.1) is 5.69 Å². The lowest BCUT2D eigenvalue weighted by Crippen LogP contribution is -2.11. The molecule has 1 aromatic carbocycles. The van der Waals surface area contributed by atoms with Crippen LogP contribution in [0.3, 0.4) is 0 Å². The Hall–Kier alpha value is -1.75. The van der Waals surface area contributed by atoms with E-state index in [0.29, 0.717) is 10.7 Å². The molecule has 88 valence electrons. The van der Waals surface area contributed by atoms with Crippen molar-refractivity contribution in [2.24, 2.45) is 0 Å². The van der Waals surface area contributed by atoms with Crippen LogP contribution < -0.4 is 5.32 Å². The number of nitrogens with one attached hydrogen (secondary N) is 1. The fourth-order valence-corrected chi connectivity index (χ4v) is 2.11. The number of carbonyl (C=O) groups excluding carboxylic acids is 1. The Morgan fingerprint density at radius 2 is 1.94 bits per heavy atom. The molecule has 0 bridgehead atoms. The van der Waals surface area contributed by atoms with Gasteiger partial charge < -0.3 is 0 Å². The van der Waals surface area contributed by atoms with Crippen molar-refractivity contribution < 1.29 is 9.18 Å². The molecule has 0 saturated heterocycles. The Kier molecular flexibility index (Phi) is 3.19. The SMILES string of the molecule is Cc1nc(NC(=O)c2ccc(F)cc2)sc1C. The number of hydrogen-bond donors (Lipinski definition) is 1. The second-order valence-corrected chi connectivity index (χ2v) is 4.82. The molecule has 0 spiro atoms. The molecule has 5 heteroatoms. The predicted molar refractivity (Wildman–Crippen MR) is 65.9 cm³/mol. The maximum absolute atomic E-state index is 12.7. The second kappa shape index (κ2) is 4.63. The van der Waals surface area contributed by atoms with Crippen molar-refractivity contribution in [3.63, 3.8) is 0 Å². The van der Waals surface area contributed by atoms with E-state index in [9.17, 15) is 9.18 Å². The van der Waals surface area contributed by atoms with E-state index in [4.69, 9.17) is 0 Å². The number of rotatable bonds is 2. The van der Waals surface area contributed by atoms with Gasteiger partial charge in [0.25, 0.3) is 5.91 Å². The number of nitrogens with zero attached hydrogens (tertiary/aromatic N) is 1. The Balaban J connectivity index is 2.14. The van der Waals surface area contributed by atoms with Crippen LogP contribution in [0.2, 0.25) is 0 Å². The summed E-state index contributed by atoms with van der Waals surface area (Å²) in [4.78, 5) is 17.1. The van der Waals surface area contributed by atoms with Crippen LogP contribution >= 0.6 is 11.3 Å². The van der Waals surface area contributed by atoms with E-state index < -0.39 is 0 Å². The maximum Gasteiger partial charge on any atom is 0.257 e. The molecule has 0 aliphatic heterocycles. The van der Waals surface area contributed by atoms with Crippen LogP contribution in [0.1, 0.15) is 20.9 Å². The van der Waals surface area contributed by atoms with Crippen LogP contribution in [0, 0.1) is 19.7 Å². The van der Waals surface area contributed by atoms with Crippen LogP contribution in [-0.4, -0.2) is 10.9 Å². The maximum atomic E-state index is 12.7. The first kappa shape index (κ1) is 11.7. The zero-order valence-corrected chi connectivity index (χ0v) is 10.3. The molecule has 0 atom stereocenters. The van der Waals surface area contributed by atoms with Gasteiger partial charge in [0.15, 0.2) is 5.13 Å². The Bertz CT molecular complexity index is 529. The fourth-order valence-electron chi connectivity index (χ4n) is 1.30. The van der Waals surface area contributed by atoms with Crippen LogP contribution in [0.25, 0.3) is 0 Å². The van der Waals surface area contributed by atoms with Gasteiger partial charge in [-0.15, -0.1) is 11.3 Å². The summed E-state index contributed by atoms with van der Waals surface area (Å²) in [5, 5.41) is 3.25. The average Bonchev–Trinajstić information content (AvgIpc) is 2.58. The number of amides is 1. The van der Waals surface area contributed by atoms with E-state index in [1.54, 1.807) is 0 Å². The molecule has 17 heavy (non-hydrogen) atoms. The van der Waals surface area contributed by atoms with Gasteiger partial charge in [0, 0.05) is 10.4 Å². The van der Waals surface area contributed by atoms with Crippen LogP contribution in [-0.2, 0) is 0 Å². The minimum absolute atomic E-state index is 0.279. The van der Waals surface area contributed by atoms with Crippen molar-refractivity contribution in [1.29, 1.82) is 0 Å². The molecule has 0 aliphatic carbocycles. The number of aryl methyl sites for hydroxylation is 2. The van der Waals surface area contributed by atoms with Gasteiger partial charge in [-0.2, -0.15) is 0 Å². The highest BCUT2D eigenvalue weighted by Gasteiger charge is 2.09. The van der Waals surface area contributed by atoms with Gasteiger partial charge in [-0.1, -0.05) is 0 Å².